The zero-order chi connectivity index (χ0) is 20.5. The summed E-state index contributed by atoms with van der Waals surface area (Å²) in [6.45, 7) is 0.610. The summed E-state index contributed by atoms with van der Waals surface area (Å²) in [5.74, 6) is 0. The average Bonchev–Trinajstić information content (AvgIpc) is 2.70. The van der Waals surface area contributed by atoms with Gasteiger partial charge in [-0.3, -0.25) is 10.4 Å². The van der Waals surface area contributed by atoms with Gasteiger partial charge in [0.05, 0.1) is 11.4 Å². The molecular weight excluding hydrogens is 407 g/mol. The fraction of sp³-hybridized carbons (Fsp3) is 0.222. The topological polar surface area (TPSA) is 105 Å². The minimum Gasteiger partial charge on any atom is -0.336 e. The number of nitrogens with zero attached hydrogens (tertiary/aromatic N) is 2. The highest BCUT2D eigenvalue weighted by Gasteiger charge is 2.13. The Bertz CT molecular complexity index is 720. The van der Waals surface area contributed by atoms with Crippen LogP contribution in [-0.2, 0) is 0 Å². The van der Waals surface area contributed by atoms with Gasteiger partial charge in [0.1, 0.15) is 0 Å². The number of amides is 4. The Morgan fingerprint density at radius 1 is 0.714 bits per heavy atom. The molecule has 0 saturated heterocycles. The molecule has 0 bridgehead atoms. The lowest BCUT2D eigenvalue weighted by Crippen LogP contribution is -2.39. The van der Waals surface area contributed by atoms with E-state index in [1.807, 2.05) is 0 Å². The van der Waals surface area contributed by atoms with E-state index in [4.69, 9.17) is 23.2 Å². The van der Waals surface area contributed by atoms with Gasteiger partial charge in [-0.1, -0.05) is 23.2 Å². The van der Waals surface area contributed by atoms with E-state index in [-0.39, 0.29) is 0 Å². The quantitative estimate of drug-likeness (QED) is 0.301. The number of unbranched alkanes of at least 4 members (excludes halogenated alkanes) is 1. The van der Waals surface area contributed by atoms with E-state index in [0.717, 1.165) is 0 Å². The number of nitrogens with one attached hydrogen (secondary N) is 2. The molecular formula is C18H20Cl2N4O4. The van der Waals surface area contributed by atoms with Crippen LogP contribution in [0.3, 0.4) is 0 Å². The lowest BCUT2D eigenvalue weighted by molar-refractivity contribution is 0.203. The predicted molar refractivity (Wildman–Crippen MR) is 107 cm³/mol. The highest BCUT2D eigenvalue weighted by molar-refractivity contribution is 6.30. The zero-order valence-corrected chi connectivity index (χ0v) is 16.3. The number of carbonyl (C=O) groups excluding carboxylic acids is 2. The van der Waals surface area contributed by atoms with Crippen molar-refractivity contribution in [2.24, 2.45) is 0 Å². The number of hydrogen-bond donors (Lipinski definition) is 4. The normalized spacial score (nSPS) is 10.3. The van der Waals surface area contributed by atoms with Crippen LogP contribution in [0.1, 0.15) is 12.8 Å². The Morgan fingerprint density at radius 2 is 1.04 bits per heavy atom. The van der Waals surface area contributed by atoms with Crippen LogP contribution in [0.25, 0.3) is 0 Å². The molecule has 0 spiro atoms. The van der Waals surface area contributed by atoms with Crippen molar-refractivity contribution < 1.29 is 20.0 Å². The second-order valence-electron chi connectivity index (χ2n) is 5.75. The van der Waals surface area contributed by atoms with E-state index in [1.165, 1.54) is 24.3 Å². The van der Waals surface area contributed by atoms with Crippen molar-refractivity contribution in [3.8, 4) is 0 Å². The molecule has 28 heavy (non-hydrogen) atoms. The molecule has 0 aromatic heterocycles. The van der Waals surface area contributed by atoms with E-state index in [2.05, 4.69) is 10.6 Å². The van der Waals surface area contributed by atoms with Crippen LogP contribution in [0.2, 0.25) is 10.0 Å². The first-order chi connectivity index (χ1) is 13.4. The number of carbonyl (C=O) groups is 2. The smallest absolute Gasteiger partial charge is 0.336 e. The first-order valence-electron chi connectivity index (χ1n) is 8.43. The van der Waals surface area contributed by atoms with Gasteiger partial charge >= 0.3 is 12.1 Å². The maximum absolute atomic E-state index is 11.9. The van der Waals surface area contributed by atoms with Gasteiger partial charge in [-0.2, -0.15) is 10.1 Å². The van der Waals surface area contributed by atoms with E-state index in [9.17, 15) is 20.0 Å². The van der Waals surface area contributed by atoms with Gasteiger partial charge in [0.15, 0.2) is 0 Å². The van der Waals surface area contributed by atoms with Crippen molar-refractivity contribution in [2.75, 3.05) is 23.2 Å². The molecule has 2 aromatic carbocycles. The average molecular weight is 427 g/mol. The molecule has 0 aliphatic heterocycles. The van der Waals surface area contributed by atoms with Crippen LogP contribution in [0, 0.1) is 0 Å². The van der Waals surface area contributed by atoms with E-state index in [0.29, 0.717) is 57.5 Å². The number of hydroxylamine groups is 2. The summed E-state index contributed by atoms with van der Waals surface area (Å²) < 4.78 is 0. The number of anilines is 2. The summed E-state index contributed by atoms with van der Waals surface area (Å²) >= 11 is 11.5. The maximum Gasteiger partial charge on any atom is 0.345 e. The van der Waals surface area contributed by atoms with Gasteiger partial charge in [-0.25, -0.2) is 9.59 Å². The second kappa shape index (κ2) is 10.7. The molecule has 10 heteroatoms. The molecule has 150 valence electrons. The van der Waals surface area contributed by atoms with E-state index in [1.54, 1.807) is 24.3 Å². The largest absolute Gasteiger partial charge is 0.345 e. The molecule has 0 radical (unpaired) electrons. The molecule has 0 unspecified atom stereocenters. The molecule has 0 heterocycles. The lowest BCUT2D eigenvalue weighted by Gasteiger charge is -2.17. The molecule has 4 amide bonds. The molecule has 8 nitrogen and oxygen atoms in total. The van der Waals surface area contributed by atoms with Gasteiger partial charge in [0.2, 0.25) is 0 Å². The van der Waals surface area contributed by atoms with Crippen molar-refractivity contribution in [3.63, 3.8) is 0 Å². The summed E-state index contributed by atoms with van der Waals surface area (Å²) in [5, 5.41) is 26.7. The van der Waals surface area contributed by atoms with Crippen LogP contribution in [0.15, 0.2) is 48.5 Å². The van der Waals surface area contributed by atoms with Crippen LogP contribution in [0.5, 0.6) is 0 Å². The molecule has 0 aliphatic rings. The third-order valence-corrected chi connectivity index (χ3v) is 4.19. The van der Waals surface area contributed by atoms with Gasteiger partial charge in [-0.15, -0.1) is 0 Å². The predicted octanol–water partition coefficient (Wildman–Crippen LogP) is 4.28. The van der Waals surface area contributed by atoms with Gasteiger partial charge in [0, 0.05) is 23.1 Å². The maximum atomic E-state index is 11.9. The zero-order valence-electron chi connectivity index (χ0n) is 14.8. The molecule has 0 aliphatic carbocycles. The monoisotopic (exact) mass is 426 g/mol. The first kappa shape index (κ1) is 21.8. The Labute approximate surface area is 172 Å². The fourth-order valence-corrected chi connectivity index (χ4v) is 2.44. The number of rotatable bonds is 7. The van der Waals surface area contributed by atoms with Gasteiger partial charge in [0.25, 0.3) is 0 Å². The molecule has 0 fully saturated rings. The van der Waals surface area contributed by atoms with Gasteiger partial charge < -0.3 is 10.6 Å². The SMILES string of the molecule is O=C(NCCCCNC(=O)N(O)c1ccc(Cl)cc1)N(O)c1ccc(Cl)cc1. The third-order valence-electron chi connectivity index (χ3n) is 3.68. The first-order valence-corrected chi connectivity index (χ1v) is 9.19. The van der Waals surface area contributed by atoms with Crippen LogP contribution < -0.4 is 20.8 Å². The summed E-state index contributed by atoms with van der Waals surface area (Å²) in [5.41, 5.74) is 0.582. The fourth-order valence-electron chi connectivity index (χ4n) is 2.19. The minimum absolute atomic E-state index is 0.291. The Balaban J connectivity index is 1.63. The van der Waals surface area contributed by atoms with Crippen molar-refractivity contribution in [2.45, 2.75) is 12.8 Å². The second-order valence-corrected chi connectivity index (χ2v) is 6.62. The molecule has 4 N–H and O–H groups in total. The molecule has 0 saturated carbocycles. The molecule has 0 atom stereocenters. The van der Waals surface area contributed by atoms with Gasteiger partial charge in [-0.05, 0) is 61.4 Å². The van der Waals surface area contributed by atoms with Crippen molar-refractivity contribution >= 4 is 46.6 Å². The molecule has 2 rings (SSSR count). The van der Waals surface area contributed by atoms with E-state index >= 15 is 0 Å². The Hall–Kier alpha value is -2.52. The van der Waals surface area contributed by atoms with Crippen LogP contribution in [0.4, 0.5) is 21.0 Å². The highest BCUT2D eigenvalue weighted by atomic mass is 35.5. The van der Waals surface area contributed by atoms with E-state index < -0.39 is 12.1 Å². The van der Waals surface area contributed by atoms with Crippen molar-refractivity contribution in [3.05, 3.63) is 58.6 Å². The molecule has 2 aromatic rings. The Kier molecular flexibility index (Phi) is 8.34. The Morgan fingerprint density at radius 3 is 1.36 bits per heavy atom. The van der Waals surface area contributed by atoms with Crippen molar-refractivity contribution in [1.82, 2.24) is 10.6 Å². The van der Waals surface area contributed by atoms with Crippen molar-refractivity contribution in [1.29, 1.82) is 0 Å². The van der Waals surface area contributed by atoms with Crippen LogP contribution in [-0.4, -0.2) is 35.6 Å². The highest BCUT2D eigenvalue weighted by Crippen LogP contribution is 2.17. The number of urea groups is 2. The standard InChI is InChI=1S/C18H20Cl2N4O4/c19-13-3-7-15(8-4-13)23(27)17(25)21-11-1-2-12-22-18(26)24(28)16-9-5-14(20)6-10-16/h3-10,27-28H,1-2,11-12H2,(H,21,25)(H,22,26). The minimum atomic E-state index is -0.671. The summed E-state index contributed by atoms with van der Waals surface area (Å²) in [7, 11) is 0. The summed E-state index contributed by atoms with van der Waals surface area (Å²) in [6.07, 6.45) is 1.12. The number of halogens is 2. The lowest BCUT2D eigenvalue weighted by atomic mass is 10.3. The number of hydrogen-bond acceptors (Lipinski definition) is 4. The third kappa shape index (κ3) is 6.58. The summed E-state index contributed by atoms with van der Waals surface area (Å²) in [6, 6.07) is 10.9. The number of benzene rings is 2. The van der Waals surface area contributed by atoms with Crippen LogP contribution >= 0.6 is 23.2 Å². The summed E-state index contributed by atoms with van der Waals surface area (Å²) in [4.78, 5) is 23.7.